The molecule has 1 aliphatic rings. The molecular weight excluding hydrogens is 320 g/mol. The Kier molecular flexibility index (Phi) is 4.04. The number of piperidine rings is 1. The van der Waals surface area contributed by atoms with E-state index in [0.29, 0.717) is 0 Å². The van der Waals surface area contributed by atoms with Gasteiger partial charge in [-0.3, -0.25) is 0 Å². The molecule has 0 aliphatic carbocycles. The van der Waals surface area contributed by atoms with Crippen molar-refractivity contribution >= 4 is 26.8 Å². The van der Waals surface area contributed by atoms with E-state index >= 15 is 0 Å². The lowest BCUT2D eigenvalue weighted by Gasteiger charge is -2.31. The summed E-state index contributed by atoms with van der Waals surface area (Å²) in [5.41, 5.74) is 2.10. The van der Waals surface area contributed by atoms with Gasteiger partial charge in [-0.2, -0.15) is 5.10 Å². The average molecular weight is 344 g/mol. The van der Waals surface area contributed by atoms with Crippen molar-refractivity contribution in [1.82, 2.24) is 24.3 Å². The highest BCUT2D eigenvalue weighted by Gasteiger charge is 2.23. The standard InChI is InChI=1S/C17H24N6S/c1-12-15-16(21(3)20-12)19-17(24-15)23-9-5-14(6-10-23)4-8-22-11-7-18-13(22)2/h7,11,14H,4-6,8-10H2,1-3H3. The molecule has 0 saturated carbocycles. The normalized spacial score (nSPS) is 16.4. The van der Waals surface area contributed by atoms with Gasteiger partial charge in [0, 0.05) is 39.1 Å². The third-order valence-corrected chi connectivity index (χ3v) is 6.33. The van der Waals surface area contributed by atoms with E-state index in [1.165, 1.54) is 24.0 Å². The largest absolute Gasteiger partial charge is 0.348 e. The minimum atomic E-state index is 0.806. The highest BCUT2D eigenvalue weighted by Crippen LogP contribution is 2.33. The number of rotatable bonds is 4. The summed E-state index contributed by atoms with van der Waals surface area (Å²) in [5, 5.41) is 5.60. The zero-order valence-electron chi connectivity index (χ0n) is 14.6. The molecule has 1 fully saturated rings. The molecule has 7 heteroatoms. The van der Waals surface area contributed by atoms with Crippen molar-refractivity contribution in [2.45, 2.75) is 39.7 Å². The maximum Gasteiger partial charge on any atom is 0.188 e. The van der Waals surface area contributed by atoms with Gasteiger partial charge in [0.05, 0.1) is 10.4 Å². The lowest BCUT2D eigenvalue weighted by molar-refractivity contribution is 0.360. The summed E-state index contributed by atoms with van der Waals surface area (Å²) in [7, 11) is 1.98. The van der Waals surface area contributed by atoms with E-state index in [1.807, 2.05) is 17.9 Å². The summed E-state index contributed by atoms with van der Waals surface area (Å²) >= 11 is 1.78. The molecule has 0 spiro atoms. The van der Waals surface area contributed by atoms with Crippen LogP contribution in [0.25, 0.3) is 10.3 Å². The second kappa shape index (κ2) is 6.20. The van der Waals surface area contributed by atoms with Gasteiger partial charge in [0.1, 0.15) is 5.82 Å². The number of aryl methyl sites for hydroxylation is 4. The summed E-state index contributed by atoms with van der Waals surface area (Å²) in [6.07, 6.45) is 7.72. The Balaban J connectivity index is 1.36. The van der Waals surface area contributed by atoms with E-state index in [9.17, 15) is 0 Å². The van der Waals surface area contributed by atoms with Crippen molar-refractivity contribution in [2.75, 3.05) is 18.0 Å². The SMILES string of the molecule is Cc1nn(C)c2nc(N3CCC(CCn4ccnc4C)CC3)sc12. The van der Waals surface area contributed by atoms with E-state index in [1.54, 1.807) is 11.3 Å². The van der Waals surface area contributed by atoms with Crippen LogP contribution in [-0.2, 0) is 13.6 Å². The predicted molar refractivity (Wildman–Crippen MR) is 97.6 cm³/mol. The van der Waals surface area contributed by atoms with E-state index < -0.39 is 0 Å². The van der Waals surface area contributed by atoms with E-state index in [-0.39, 0.29) is 0 Å². The van der Waals surface area contributed by atoms with Crippen molar-refractivity contribution in [3.05, 3.63) is 23.9 Å². The topological polar surface area (TPSA) is 51.8 Å². The molecule has 24 heavy (non-hydrogen) atoms. The first-order valence-corrected chi connectivity index (χ1v) is 9.46. The van der Waals surface area contributed by atoms with Crippen molar-refractivity contribution in [3.8, 4) is 0 Å². The number of thiazole rings is 1. The van der Waals surface area contributed by atoms with Crippen molar-refractivity contribution < 1.29 is 0 Å². The van der Waals surface area contributed by atoms with Crippen molar-refractivity contribution in [3.63, 3.8) is 0 Å². The molecule has 0 bridgehead atoms. The van der Waals surface area contributed by atoms with Gasteiger partial charge >= 0.3 is 0 Å². The summed E-state index contributed by atoms with van der Waals surface area (Å²) in [5.74, 6) is 1.92. The molecule has 0 radical (unpaired) electrons. The fourth-order valence-electron chi connectivity index (χ4n) is 3.58. The van der Waals surface area contributed by atoms with Crippen LogP contribution in [0.3, 0.4) is 0 Å². The number of nitrogens with zero attached hydrogens (tertiary/aromatic N) is 6. The number of anilines is 1. The van der Waals surface area contributed by atoms with E-state index in [0.717, 1.165) is 47.8 Å². The summed E-state index contributed by atoms with van der Waals surface area (Å²) in [6, 6.07) is 0. The first kappa shape index (κ1) is 15.6. The number of hydrogen-bond donors (Lipinski definition) is 0. The zero-order chi connectivity index (χ0) is 16.7. The van der Waals surface area contributed by atoms with Crippen LogP contribution < -0.4 is 4.90 Å². The quantitative estimate of drug-likeness (QED) is 0.729. The molecule has 3 aromatic rings. The third-order valence-electron chi connectivity index (χ3n) is 5.12. The lowest BCUT2D eigenvalue weighted by atomic mass is 9.94. The van der Waals surface area contributed by atoms with E-state index in [4.69, 9.17) is 4.98 Å². The maximum absolute atomic E-state index is 4.81. The molecule has 1 aliphatic heterocycles. The Morgan fingerprint density at radius 3 is 2.71 bits per heavy atom. The molecule has 0 atom stereocenters. The monoisotopic (exact) mass is 344 g/mol. The molecule has 6 nitrogen and oxygen atoms in total. The lowest BCUT2D eigenvalue weighted by Crippen LogP contribution is -2.33. The number of aromatic nitrogens is 5. The highest BCUT2D eigenvalue weighted by molar-refractivity contribution is 7.22. The smallest absolute Gasteiger partial charge is 0.188 e. The van der Waals surface area contributed by atoms with Crippen LogP contribution in [0.15, 0.2) is 12.4 Å². The van der Waals surface area contributed by atoms with Crippen LogP contribution in [0, 0.1) is 19.8 Å². The van der Waals surface area contributed by atoms with Crippen LogP contribution in [0.1, 0.15) is 30.8 Å². The van der Waals surface area contributed by atoms with Gasteiger partial charge in [0.2, 0.25) is 0 Å². The minimum absolute atomic E-state index is 0.806. The molecule has 4 rings (SSSR count). The first-order valence-electron chi connectivity index (χ1n) is 8.64. The third kappa shape index (κ3) is 2.81. The van der Waals surface area contributed by atoms with Gasteiger partial charge in [-0.1, -0.05) is 11.3 Å². The van der Waals surface area contributed by atoms with Crippen LogP contribution in [0.4, 0.5) is 5.13 Å². The summed E-state index contributed by atoms with van der Waals surface area (Å²) < 4.78 is 5.38. The van der Waals surface area contributed by atoms with Crippen molar-refractivity contribution in [2.24, 2.45) is 13.0 Å². The molecule has 0 amide bonds. The van der Waals surface area contributed by atoms with Gasteiger partial charge in [0.25, 0.3) is 0 Å². The first-order chi connectivity index (χ1) is 11.6. The second-order valence-electron chi connectivity index (χ2n) is 6.75. The van der Waals surface area contributed by atoms with Crippen LogP contribution in [0.2, 0.25) is 0 Å². The zero-order valence-corrected chi connectivity index (χ0v) is 15.4. The van der Waals surface area contributed by atoms with Gasteiger partial charge < -0.3 is 9.47 Å². The van der Waals surface area contributed by atoms with E-state index in [2.05, 4.69) is 39.6 Å². The summed E-state index contributed by atoms with van der Waals surface area (Å²) in [4.78, 5) is 11.6. The average Bonchev–Trinajstić information content (AvgIpc) is 3.25. The summed E-state index contributed by atoms with van der Waals surface area (Å²) in [6.45, 7) is 7.45. The van der Waals surface area contributed by atoms with Crippen LogP contribution in [0.5, 0.6) is 0 Å². The number of imidazole rings is 1. The second-order valence-corrected chi connectivity index (χ2v) is 7.72. The van der Waals surface area contributed by atoms with Gasteiger partial charge in [0.15, 0.2) is 10.8 Å². The van der Waals surface area contributed by atoms with Crippen LogP contribution in [-0.4, -0.2) is 37.4 Å². The molecule has 0 aromatic carbocycles. The fourth-order valence-corrected chi connectivity index (χ4v) is 4.67. The number of hydrogen-bond acceptors (Lipinski definition) is 5. The van der Waals surface area contributed by atoms with Gasteiger partial charge in [-0.05, 0) is 39.0 Å². The molecule has 1 saturated heterocycles. The Bertz CT molecular complexity index is 802. The predicted octanol–water partition coefficient (Wildman–Crippen LogP) is 3.15. The number of fused-ring (bicyclic) bond motifs is 1. The molecule has 0 N–H and O–H groups in total. The molecule has 4 heterocycles. The Hall–Kier alpha value is -1.89. The van der Waals surface area contributed by atoms with Crippen LogP contribution >= 0.6 is 11.3 Å². The molecule has 3 aromatic heterocycles. The Morgan fingerprint density at radius 1 is 1.25 bits per heavy atom. The van der Waals surface area contributed by atoms with Gasteiger partial charge in [-0.15, -0.1) is 0 Å². The van der Waals surface area contributed by atoms with Crippen molar-refractivity contribution in [1.29, 1.82) is 0 Å². The Morgan fingerprint density at radius 2 is 2.04 bits per heavy atom. The molecular formula is C17H24N6S. The Labute approximate surface area is 146 Å². The fraction of sp³-hybridized carbons (Fsp3) is 0.588. The van der Waals surface area contributed by atoms with Gasteiger partial charge in [-0.25, -0.2) is 14.6 Å². The maximum atomic E-state index is 4.81. The molecule has 0 unspecified atom stereocenters. The molecule has 128 valence electrons. The minimum Gasteiger partial charge on any atom is -0.348 e. The highest BCUT2D eigenvalue weighted by atomic mass is 32.1.